The molecular formula is C19H26F3N7O2. The molecule has 0 amide bonds. The highest BCUT2D eigenvalue weighted by molar-refractivity contribution is 5.80. The Morgan fingerprint density at radius 2 is 2.23 bits per heavy atom. The van der Waals surface area contributed by atoms with Crippen LogP contribution in [0.1, 0.15) is 30.6 Å². The van der Waals surface area contributed by atoms with Crippen LogP contribution in [0.4, 0.5) is 13.2 Å². The van der Waals surface area contributed by atoms with Gasteiger partial charge in [-0.15, -0.1) is 0 Å². The third-order valence-corrected chi connectivity index (χ3v) is 4.54. The zero-order valence-corrected chi connectivity index (χ0v) is 17.4. The van der Waals surface area contributed by atoms with Crippen molar-refractivity contribution in [1.29, 1.82) is 0 Å². The summed E-state index contributed by atoms with van der Waals surface area (Å²) in [6, 6.07) is 2.26. The van der Waals surface area contributed by atoms with Gasteiger partial charge in [-0.05, 0) is 25.5 Å². The maximum atomic E-state index is 13.0. The van der Waals surface area contributed by atoms with Gasteiger partial charge in [-0.3, -0.25) is 0 Å². The summed E-state index contributed by atoms with van der Waals surface area (Å²) < 4.78 is 51.2. The highest BCUT2D eigenvalue weighted by atomic mass is 19.4. The first-order valence-corrected chi connectivity index (χ1v) is 10.0. The van der Waals surface area contributed by atoms with E-state index in [1.807, 2.05) is 11.6 Å². The molecule has 1 unspecified atom stereocenters. The highest BCUT2D eigenvalue weighted by Gasteiger charge is 2.35. The lowest BCUT2D eigenvalue weighted by molar-refractivity contribution is -0.139. The molecule has 2 N–H and O–H groups in total. The molecule has 1 atom stereocenters. The van der Waals surface area contributed by atoms with Crippen LogP contribution in [0.5, 0.6) is 5.88 Å². The van der Waals surface area contributed by atoms with Crippen molar-refractivity contribution in [2.45, 2.75) is 45.1 Å². The number of nitrogens with one attached hydrogen (secondary N) is 2. The fraction of sp³-hybridized carbons (Fsp3) is 0.579. The number of fused-ring (bicyclic) bond motifs is 1. The van der Waals surface area contributed by atoms with E-state index in [0.29, 0.717) is 31.5 Å². The van der Waals surface area contributed by atoms with E-state index in [2.05, 4.69) is 30.7 Å². The van der Waals surface area contributed by atoms with Crippen LogP contribution in [0.2, 0.25) is 0 Å². The standard InChI is InChI=1S/C19H26F3N7O2/c1-3-23-18(25-9-10-31-17-14(19(20,21)22)5-4-8-24-17)26-13-6-7-16-27-15(12-30-2)28-29(16)11-13/h4-5,8,13H,3,6-7,9-12H2,1-2H3,(H2,23,25,26). The quantitative estimate of drug-likeness (QED) is 0.366. The van der Waals surface area contributed by atoms with E-state index in [0.717, 1.165) is 24.7 Å². The van der Waals surface area contributed by atoms with Crippen molar-refractivity contribution in [1.82, 2.24) is 30.4 Å². The zero-order valence-electron chi connectivity index (χ0n) is 17.4. The Hall–Kier alpha value is -2.89. The minimum absolute atomic E-state index is 0.0328. The number of ether oxygens (including phenoxy) is 2. The molecule has 3 rings (SSSR count). The van der Waals surface area contributed by atoms with Crippen molar-refractivity contribution in [2.24, 2.45) is 4.99 Å². The van der Waals surface area contributed by atoms with Crippen LogP contribution in [0.25, 0.3) is 0 Å². The van der Waals surface area contributed by atoms with Gasteiger partial charge in [-0.2, -0.15) is 18.3 Å². The van der Waals surface area contributed by atoms with Crippen molar-refractivity contribution in [3.8, 4) is 5.88 Å². The van der Waals surface area contributed by atoms with Crippen LogP contribution in [0.3, 0.4) is 0 Å². The second kappa shape index (κ2) is 10.4. The van der Waals surface area contributed by atoms with Gasteiger partial charge in [-0.1, -0.05) is 0 Å². The Morgan fingerprint density at radius 1 is 1.39 bits per heavy atom. The summed E-state index contributed by atoms with van der Waals surface area (Å²) >= 11 is 0. The van der Waals surface area contributed by atoms with E-state index < -0.39 is 17.6 Å². The number of hydrogen-bond acceptors (Lipinski definition) is 6. The minimum Gasteiger partial charge on any atom is -0.475 e. The third kappa shape index (κ3) is 6.29. The van der Waals surface area contributed by atoms with Gasteiger partial charge >= 0.3 is 6.18 Å². The Labute approximate surface area is 178 Å². The van der Waals surface area contributed by atoms with E-state index in [9.17, 15) is 13.2 Å². The lowest BCUT2D eigenvalue weighted by atomic mass is 10.1. The molecule has 0 fully saturated rings. The molecule has 12 heteroatoms. The van der Waals surface area contributed by atoms with Crippen molar-refractivity contribution in [2.75, 3.05) is 26.8 Å². The van der Waals surface area contributed by atoms with Gasteiger partial charge in [0, 0.05) is 32.3 Å². The summed E-state index contributed by atoms with van der Waals surface area (Å²) in [5, 5.41) is 10.9. The second-order valence-corrected chi connectivity index (χ2v) is 6.90. The molecule has 0 saturated carbocycles. The zero-order chi connectivity index (χ0) is 22.3. The smallest absolute Gasteiger partial charge is 0.421 e. The number of aryl methyl sites for hydroxylation is 1. The average molecular weight is 441 g/mol. The molecule has 9 nitrogen and oxygen atoms in total. The number of pyridine rings is 1. The van der Waals surface area contributed by atoms with Crippen molar-refractivity contribution in [3.05, 3.63) is 35.5 Å². The van der Waals surface area contributed by atoms with Gasteiger partial charge in [-0.25, -0.2) is 19.6 Å². The maximum absolute atomic E-state index is 13.0. The van der Waals surface area contributed by atoms with Gasteiger partial charge in [0.1, 0.15) is 24.6 Å². The number of halogens is 3. The van der Waals surface area contributed by atoms with Gasteiger partial charge in [0.05, 0.1) is 13.1 Å². The normalized spacial score (nSPS) is 16.7. The Balaban J connectivity index is 1.55. The molecule has 1 aliphatic heterocycles. The van der Waals surface area contributed by atoms with E-state index in [4.69, 9.17) is 9.47 Å². The fourth-order valence-electron chi connectivity index (χ4n) is 3.20. The highest BCUT2D eigenvalue weighted by Crippen LogP contribution is 2.34. The Kier molecular flexibility index (Phi) is 7.66. The van der Waals surface area contributed by atoms with Crippen LogP contribution >= 0.6 is 0 Å². The fourth-order valence-corrected chi connectivity index (χ4v) is 3.20. The van der Waals surface area contributed by atoms with Crippen molar-refractivity contribution >= 4 is 5.96 Å². The summed E-state index contributed by atoms with van der Waals surface area (Å²) in [6.45, 7) is 3.72. The summed E-state index contributed by atoms with van der Waals surface area (Å²) in [6.07, 6.45) is -1.63. The Bertz CT molecular complexity index is 886. The molecule has 31 heavy (non-hydrogen) atoms. The molecule has 0 bridgehead atoms. The van der Waals surface area contributed by atoms with Crippen LogP contribution in [-0.4, -0.2) is 58.6 Å². The number of aliphatic imine (C=N–C) groups is 1. The molecule has 2 aromatic heterocycles. The predicted molar refractivity (Wildman–Crippen MR) is 107 cm³/mol. The number of guanidine groups is 1. The molecule has 170 valence electrons. The first-order chi connectivity index (χ1) is 14.9. The lowest BCUT2D eigenvalue weighted by Gasteiger charge is -2.25. The maximum Gasteiger partial charge on any atom is 0.421 e. The largest absolute Gasteiger partial charge is 0.475 e. The molecule has 0 spiro atoms. The summed E-state index contributed by atoms with van der Waals surface area (Å²) in [5.74, 6) is 1.70. The van der Waals surface area contributed by atoms with Crippen LogP contribution in [0.15, 0.2) is 23.3 Å². The van der Waals surface area contributed by atoms with Crippen molar-refractivity contribution in [3.63, 3.8) is 0 Å². The van der Waals surface area contributed by atoms with E-state index in [-0.39, 0.29) is 19.2 Å². The molecule has 3 heterocycles. The number of alkyl halides is 3. The SMILES string of the molecule is CCNC(=NCCOc1ncccc1C(F)(F)F)NC1CCc2nc(COC)nn2C1. The van der Waals surface area contributed by atoms with E-state index in [1.54, 1.807) is 7.11 Å². The second-order valence-electron chi connectivity index (χ2n) is 6.90. The van der Waals surface area contributed by atoms with Gasteiger partial charge in [0.2, 0.25) is 5.88 Å². The topological polar surface area (TPSA) is 98.5 Å². The van der Waals surface area contributed by atoms with Crippen LogP contribution < -0.4 is 15.4 Å². The van der Waals surface area contributed by atoms with E-state index in [1.165, 1.54) is 12.3 Å². The lowest BCUT2D eigenvalue weighted by Crippen LogP contribution is -2.47. The minimum atomic E-state index is -4.52. The van der Waals surface area contributed by atoms with Gasteiger partial charge < -0.3 is 20.1 Å². The molecule has 2 aromatic rings. The van der Waals surface area contributed by atoms with Crippen molar-refractivity contribution < 1.29 is 22.6 Å². The van der Waals surface area contributed by atoms with Crippen LogP contribution in [-0.2, 0) is 30.5 Å². The molecular weight excluding hydrogens is 415 g/mol. The number of nitrogens with zero attached hydrogens (tertiary/aromatic N) is 5. The molecule has 0 saturated heterocycles. The first-order valence-electron chi connectivity index (χ1n) is 10.0. The number of aromatic nitrogens is 4. The van der Waals surface area contributed by atoms with E-state index >= 15 is 0 Å². The predicted octanol–water partition coefficient (Wildman–Crippen LogP) is 1.79. The number of hydrogen-bond donors (Lipinski definition) is 2. The summed E-state index contributed by atoms with van der Waals surface area (Å²) in [5.41, 5.74) is -0.900. The Morgan fingerprint density at radius 3 is 2.97 bits per heavy atom. The number of methoxy groups -OCH3 is 1. The van der Waals surface area contributed by atoms with Gasteiger partial charge in [0.25, 0.3) is 0 Å². The molecule has 0 radical (unpaired) electrons. The average Bonchev–Trinajstić information content (AvgIpc) is 3.13. The number of rotatable bonds is 8. The summed E-state index contributed by atoms with van der Waals surface area (Å²) in [4.78, 5) is 12.5. The van der Waals surface area contributed by atoms with Crippen LogP contribution in [0, 0.1) is 0 Å². The summed E-state index contributed by atoms with van der Waals surface area (Å²) in [7, 11) is 1.60. The molecule has 0 aromatic carbocycles. The monoisotopic (exact) mass is 441 g/mol. The first kappa shape index (κ1) is 22.8. The molecule has 0 aliphatic carbocycles. The third-order valence-electron chi connectivity index (χ3n) is 4.54. The van der Waals surface area contributed by atoms with Gasteiger partial charge in [0.15, 0.2) is 11.8 Å². The molecule has 1 aliphatic rings.